The Kier molecular flexibility index (Phi) is 4.60. The lowest BCUT2D eigenvalue weighted by atomic mass is 10.2. The number of pyridine rings is 1. The van der Waals surface area contributed by atoms with Crippen molar-refractivity contribution in [3.05, 3.63) is 78.4 Å². The predicted octanol–water partition coefficient (Wildman–Crippen LogP) is 5.33. The molecule has 0 amide bonds. The van der Waals surface area contributed by atoms with Crippen LogP contribution in [0.4, 0.5) is 30.2 Å². The molecule has 0 saturated carbocycles. The summed E-state index contributed by atoms with van der Waals surface area (Å²) in [5.74, 6) is 0.622. The van der Waals surface area contributed by atoms with Crippen molar-refractivity contribution >= 4 is 28.1 Å². The van der Waals surface area contributed by atoms with Crippen LogP contribution in [0.15, 0.2) is 66.9 Å². The molecule has 4 rings (SSSR count). The first-order valence-electron chi connectivity index (χ1n) is 8.55. The third-order valence-corrected chi connectivity index (χ3v) is 4.10. The van der Waals surface area contributed by atoms with Crippen molar-refractivity contribution in [1.82, 2.24) is 15.0 Å². The molecule has 28 heavy (non-hydrogen) atoms. The zero-order chi connectivity index (χ0) is 19.6. The number of nitrogens with zero attached hydrogens (tertiary/aromatic N) is 2. The molecular weight excluding hydrogens is 367 g/mol. The average molecular weight is 383 g/mol. The number of imidazole rings is 1. The van der Waals surface area contributed by atoms with Gasteiger partial charge in [-0.25, -0.2) is 4.98 Å². The molecule has 0 aliphatic carbocycles. The third-order valence-electron chi connectivity index (χ3n) is 4.10. The summed E-state index contributed by atoms with van der Waals surface area (Å²) >= 11 is 0. The molecule has 0 aliphatic rings. The Hall–Kier alpha value is -3.55. The van der Waals surface area contributed by atoms with Crippen LogP contribution in [0.1, 0.15) is 11.5 Å². The largest absolute Gasteiger partial charge is 0.433 e. The van der Waals surface area contributed by atoms with Crippen molar-refractivity contribution in [2.24, 2.45) is 0 Å². The molecule has 3 N–H and O–H groups in total. The van der Waals surface area contributed by atoms with Crippen molar-refractivity contribution < 1.29 is 13.2 Å². The summed E-state index contributed by atoms with van der Waals surface area (Å²) in [5, 5.41) is 6.24. The van der Waals surface area contributed by atoms with Gasteiger partial charge in [0, 0.05) is 23.3 Å². The first-order valence-corrected chi connectivity index (χ1v) is 8.55. The normalized spacial score (nSPS) is 11.5. The molecule has 5 nitrogen and oxygen atoms in total. The van der Waals surface area contributed by atoms with Gasteiger partial charge in [-0.3, -0.25) is 4.98 Å². The minimum Gasteiger partial charge on any atom is -0.378 e. The summed E-state index contributed by atoms with van der Waals surface area (Å²) in [5.41, 5.74) is 2.88. The number of halogens is 3. The van der Waals surface area contributed by atoms with Gasteiger partial charge in [-0.1, -0.05) is 18.2 Å². The molecule has 2 heterocycles. The van der Waals surface area contributed by atoms with E-state index < -0.39 is 11.9 Å². The van der Waals surface area contributed by atoms with E-state index in [9.17, 15) is 13.2 Å². The molecule has 0 radical (unpaired) electrons. The zero-order valence-corrected chi connectivity index (χ0v) is 14.6. The topological polar surface area (TPSA) is 65.6 Å². The number of nitrogens with one attached hydrogen (secondary N) is 3. The molecular formula is C20H16F3N5. The molecule has 2 aromatic carbocycles. The van der Waals surface area contributed by atoms with E-state index in [4.69, 9.17) is 0 Å². The Labute approximate surface area is 158 Å². The Bertz CT molecular complexity index is 1090. The molecule has 0 spiro atoms. The van der Waals surface area contributed by atoms with Crippen LogP contribution in [0.2, 0.25) is 0 Å². The molecule has 0 atom stereocenters. The van der Waals surface area contributed by atoms with Crippen molar-refractivity contribution in [3.8, 4) is 0 Å². The van der Waals surface area contributed by atoms with Gasteiger partial charge in [-0.05, 0) is 42.5 Å². The van der Waals surface area contributed by atoms with Crippen LogP contribution >= 0.6 is 0 Å². The number of benzene rings is 2. The number of anilines is 3. The molecule has 0 saturated heterocycles. The fourth-order valence-electron chi connectivity index (χ4n) is 2.79. The summed E-state index contributed by atoms with van der Waals surface area (Å²) in [6.45, 7) is 0.261. The van der Waals surface area contributed by atoms with Crippen LogP contribution < -0.4 is 10.6 Å². The van der Waals surface area contributed by atoms with E-state index in [-0.39, 0.29) is 6.54 Å². The summed E-state index contributed by atoms with van der Waals surface area (Å²) in [6.07, 6.45) is -3.34. The maximum Gasteiger partial charge on any atom is 0.433 e. The number of rotatable bonds is 5. The van der Waals surface area contributed by atoms with E-state index in [2.05, 4.69) is 25.6 Å². The standard InChI is InChI=1S/C20H16F3N5/c21-20(22,23)18-11-14(8-9-24-18)25-12-19-27-16-7-6-15(10-17(16)28-19)26-13-4-2-1-3-5-13/h1-11,26H,12H2,(H,24,25)(H,27,28). The first-order chi connectivity index (χ1) is 13.5. The molecule has 0 unspecified atom stereocenters. The number of aromatic amines is 1. The highest BCUT2D eigenvalue weighted by Gasteiger charge is 2.32. The lowest BCUT2D eigenvalue weighted by Gasteiger charge is -2.08. The number of hydrogen-bond acceptors (Lipinski definition) is 4. The monoisotopic (exact) mass is 383 g/mol. The van der Waals surface area contributed by atoms with Gasteiger partial charge in [-0.2, -0.15) is 13.2 Å². The molecule has 0 aliphatic heterocycles. The van der Waals surface area contributed by atoms with E-state index >= 15 is 0 Å². The summed E-state index contributed by atoms with van der Waals surface area (Å²) in [7, 11) is 0. The van der Waals surface area contributed by atoms with Crippen molar-refractivity contribution in [1.29, 1.82) is 0 Å². The van der Waals surface area contributed by atoms with Crippen LogP contribution in [0, 0.1) is 0 Å². The lowest BCUT2D eigenvalue weighted by Crippen LogP contribution is -2.09. The van der Waals surface area contributed by atoms with Gasteiger partial charge in [0.25, 0.3) is 0 Å². The fraction of sp³-hybridized carbons (Fsp3) is 0.100. The highest BCUT2D eigenvalue weighted by atomic mass is 19.4. The second-order valence-corrected chi connectivity index (χ2v) is 6.19. The number of alkyl halides is 3. The molecule has 142 valence electrons. The average Bonchev–Trinajstić information content (AvgIpc) is 3.09. The Morgan fingerprint density at radius 3 is 2.50 bits per heavy atom. The Balaban J connectivity index is 1.48. The van der Waals surface area contributed by atoms with Crippen LogP contribution in [0.3, 0.4) is 0 Å². The number of hydrogen-bond donors (Lipinski definition) is 3. The van der Waals surface area contributed by atoms with Gasteiger partial charge in [-0.15, -0.1) is 0 Å². The number of fused-ring (bicyclic) bond motifs is 1. The molecule has 2 aromatic heterocycles. The van der Waals surface area contributed by atoms with Crippen LogP contribution in [-0.2, 0) is 12.7 Å². The van der Waals surface area contributed by atoms with Gasteiger partial charge >= 0.3 is 6.18 Å². The number of aromatic nitrogens is 3. The minimum atomic E-state index is -4.47. The van der Waals surface area contributed by atoms with E-state index in [0.29, 0.717) is 11.5 Å². The second kappa shape index (κ2) is 7.22. The molecule has 8 heteroatoms. The lowest BCUT2D eigenvalue weighted by molar-refractivity contribution is -0.141. The third kappa shape index (κ3) is 4.06. The molecule has 0 bridgehead atoms. The van der Waals surface area contributed by atoms with E-state index in [0.717, 1.165) is 34.7 Å². The highest BCUT2D eigenvalue weighted by Crippen LogP contribution is 2.29. The minimum absolute atomic E-state index is 0.261. The van der Waals surface area contributed by atoms with Gasteiger partial charge in [0.05, 0.1) is 17.6 Å². The smallest absolute Gasteiger partial charge is 0.378 e. The quantitative estimate of drug-likeness (QED) is 0.436. The first kappa shape index (κ1) is 17.8. The Morgan fingerprint density at radius 2 is 1.71 bits per heavy atom. The van der Waals surface area contributed by atoms with Crippen molar-refractivity contribution in [2.45, 2.75) is 12.7 Å². The number of H-pyrrole nitrogens is 1. The highest BCUT2D eigenvalue weighted by molar-refractivity contribution is 5.80. The summed E-state index contributed by atoms with van der Waals surface area (Å²) < 4.78 is 38.3. The van der Waals surface area contributed by atoms with Gasteiger partial charge in [0.2, 0.25) is 0 Å². The van der Waals surface area contributed by atoms with Crippen molar-refractivity contribution in [2.75, 3.05) is 10.6 Å². The maximum atomic E-state index is 12.8. The van der Waals surface area contributed by atoms with Gasteiger partial charge in [0.1, 0.15) is 11.5 Å². The van der Waals surface area contributed by atoms with Crippen molar-refractivity contribution in [3.63, 3.8) is 0 Å². The molecule has 0 fully saturated rings. The van der Waals surface area contributed by atoms with Gasteiger partial charge in [0.15, 0.2) is 0 Å². The van der Waals surface area contributed by atoms with E-state index in [1.54, 1.807) is 0 Å². The predicted molar refractivity (Wildman–Crippen MR) is 102 cm³/mol. The fourth-order valence-corrected chi connectivity index (χ4v) is 2.79. The SMILES string of the molecule is FC(F)(F)c1cc(NCc2nc3cc(Nc4ccccc4)ccc3[nH]2)ccn1. The second-order valence-electron chi connectivity index (χ2n) is 6.19. The molecule has 4 aromatic rings. The summed E-state index contributed by atoms with van der Waals surface area (Å²) in [4.78, 5) is 11.0. The van der Waals surface area contributed by atoms with E-state index in [1.165, 1.54) is 6.07 Å². The Morgan fingerprint density at radius 1 is 0.893 bits per heavy atom. The maximum absolute atomic E-state index is 12.8. The van der Waals surface area contributed by atoms with E-state index in [1.807, 2.05) is 48.5 Å². The number of para-hydroxylation sites is 1. The van der Waals surface area contributed by atoms with Crippen LogP contribution in [0.5, 0.6) is 0 Å². The zero-order valence-electron chi connectivity index (χ0n) is 14.6. The van der Waals surface area contributed by atoms with Crippen LogP contribution in [0.25, 0.3) is 11.0 Å². The van der Waals surface area contributed by atoms with Gasteiger partial charge < -0.3 is 15.6 Å². The van der Waals surface area contributed by atoms with Crippen LogP contribution in [-0.4, -0.2) is 15.0 Å². The summed E-state index contributed by atoms with van der Waals surface area (Å²) in [6, 6.07) is 18.0.